The predicted molar refractivity (Wildman–Crippen MR) is 106 cm³/mol. The molecule has 0 amide bonds. The van der Waals surface area contributed by atoms with Gasteiger partial charge in [0.2, 0.25) is 0 Å². The van der Waals surface area contributed by atoms with Gasteiger partial charge < -0.3 is 79.5 Å². The van der Waals surface area contributed by atoms with Crippen LogP contribution in [-0.2, 0) is 28.4 Å². The van der Waals surface area contributed by atoms with Crippen molar-refractivity contribution in [2.75, 3.05) is 26.9 Å². The van der Waals surface area contributed by atoms with Crippen molar-refractivity contribution in [2.24, 2.45) is 0 Å². The molecule has 0 aromatic carbocycles. The molecule has 0 radical (unpaired) electrons. The van der Waals surface area contributed by atoms with Crippen LogP contribution in [0.4, 0.5) is 0 Å². The van der Waals surface area contributed by atoms with Crippen LogP contribution in [-0.4, -0.2) is 170 Å². The van der Waals surface area contributed by atoms with E-state index < -0.39 is 112 Å². The number of aliphatic hydroxyl groups is 10. The van der Waals surface area contributed by atoms with Gasteiger partial charge in [-0.1, -0.05) is 0 Å². The van der Waals surface area contributed by atoms with Gasteiger partial charge in [-0.25, -0.2) is 0 Å². The Labute approximate surface area is 199 Å². The molecule has 10 N–H and O–H groups in total. The first-order chi connectivity index (χ1) is 16.6. The van der Waals surface area contributed by atoms with Crippen LogP contribution in [0.3, 0.4) is 0 Å². The van der Waals surface area contributed by atoms with E-state index in [0.717, 1.165) is 0 Å². The zero-order valence-electron chi connectivity index (χ0n) is 18.7. The van der Waals surface area contributed by atoms with Crippen LogP contribution < -0.4 is 0 Å². The largest absolute Gasteiger partial charge is 0.394 e. The molecule has 0 aliphatic carbocycles. The minimum atomic E-state index is -1.87. The van der Waals surface area contributed by atoms with Crippen LogP contribution in [0.2, 0.25) is 0 Å². The summed E-state index contributed by atoms with van der Waals surface area (Å²) >= 11 is 0. The van der Waals surface area contributed by atoms with Crippen molar-refractivity contribution in [3.05, 3.63) is 0 Å². The molecule has 3 fully saturated rings. The summed E-state index contributed by atoms with van der Waals surface area (Å²) in [6, 6.07) is 0. The summed E-state index contributed by atoms with van der Waals surface area (Å²) in [4.78, 5) is 0. The van der Waals surface area contributed by atoms with E-state index in [9.17, 15) is 51.1 Å². The number of hydrogen-bond acceptors (Lipinski definition) is 16. The van der Waals surface area contributed by atoms with Crippen molar-refractivity contribution in [3.63, 3.8) is 0 Å². The molecular weight excluding hydrogens is 484 g/mol. The maximum atomic E-state index is 10.8. The van der Waals surface area contributed by atoms with Gasteiger partial charge >= 0.3 is 0 Å². The molecule has 35 heavy (non-hydrogen) atoms. The van der Waals surface area contributed by atoms with Crippen LogP contribution in [0.1, 0.15) is 0 Å². The number of methoxy groups -OCH3 is 1. The average molecular weight is 518 g/mol. The van der Waals surface area contributed by atoms with E-state index in [1.165, 1.54) is 7.11 Å². The lowest BCUT2D eigenvalue weighted by Gasteiger charge is -2.48. The molecule has 206 valence electrons. The highest BCUT2D eigenvalue weighted by atomic mass is 16.8. The topological polar surface area (TPSA) is 258 Å². The van der Waals surface area contributed by atoms with Crippen LogP contribution >= 0.6 is 0 Å². The van der Waals surface area contributed by atoms with E-state index in [2.05, 4.69) is 0 Å². The van der Waals surface area contributed by atoms with Crippen LogP contribution in [0, 0.1) is 0 Å². The molecular formula is C19H34O16. The lowest BCUT2D eigenvalue weighted by Crippen LogP contribution is -2.66. The summed E-state index contributed by atoms with van der Waals surface area (Å²) in [5.41, 5.74) is 0. The van der Waals surface area contributed by atoms with Crippen molar-refractivity contribution in [3.8, 4) is 0 Å². The molecule has 3 aliphatic heterocycles. The molecule has 3 saturated heterocycles. The number of hydrogen-bond donors (Lipinski definition) is 10. The van der Waals surface area contributed by atoms with Crippen LogP contribution in [0.5, 0.6) is 0 Å². The maximum absolute atomic E-state index is 10.8. The molecule has 0 saturated carbocycles. The third-order valence-electron chi connectivity index (χ3n) is 6.31. The second-order valence-corrected chi connectivity index (χ2v) is 8.55. The normalized spacial score (nSPS) is 51.3. The molecule has 15 atom stereocenters. The number of rotatable bonds is 8. The predicted octanol–water partition coefficient (Wildman–Crippen LogP) is -6.92. The second-order valence-electron chi connectivity index (χ2n) is 8.55. The first-order valence-corrected chi connectivity index (χ1v) is 11.0. The Balaban J connectivity index is 1.78. The van der Waals surface area contributed by atoms with Gasteiger partial charge in [-0.2, -0.15) is 0 Å². The third kappa shape index (κ3) is 5.78. The molecule has 0 aromatic heterocycles. The molecule has 0 aromatic rings. The number of ether oxygens (including phenoxy) is 6. The fourth-order valence-electron chi connectivity index (χ4n) is 4.23. The summed E-state index contributed by atoms with van der Waals surface area (Å²) in [5, 5.41) is 101. The Hall–Kier alpha value is -0.640. The third-order valence-corrected chi connectivity index (χ3v) is 6.31. The highest BCUT2D eigenvalue weighted by Gasteiger charge is 2.53. The van der Waals surface area contributed by atoms with Crippen LogP contribution in [0.25, 0.3) is 0 Å². The zero-order chi connectivity index (χ0) is 26.0. The summed E-state index contributed by atoms with van der Waals surface area (Å²) in [5.74, 6) is 0. The van der Waals surface area contributed by atoms with Gasteiger partial charge in [0.1, 0.15) is 73.2 Å². The highest BCUT2D eigenvalue weighted by molar-refractivity contribution is 4.96. The van der Waals surface area contributed by atoms with Crippen molar-refractivity contribution in [1.29, 1.82) is 0 Å². The minimum absolute atomic E-state index is 0.687. The van der Waals surface area contributed by atoms with E-state index in [1.54, 1.807) is 0 Å². The standard InChI is InChI=1S/C19H34O16/c1-30-17-13(28)11(26)15(7(4-22)33-17)34-19-14(29)16(9(24)6(3-21)32-19)35-18-12(27)10(25)8(23)5(2-20)31-18/h5-29H,2-4H2,1H3/t5-,6-,7-,8-,9+,10+,11-,12-,13-,14-,15-,16+,17+,18+,19+/m1/s1. The van der Waals surface area contributed by atoms with Crippen molar-refractivity contribution in [1.82, 2.24) is 0 Å². The lowest BCUT2D eigenvalue weighted by atomic mass is 9.96. The smallest absolute Gasteiger partial charge is 0.187 e. The van der Waals surface area contributed by atoms with Gasteiger partial charge in [-0.15, -0.1) is 0 Å². The SMILES string of the molecule is CO[C@H]1O[C@H](CO)[C@@H](O[C@@H]2O[C@H](CO)[C@H](O)[C@H](O[C@@H]3O[C@H](CO)[C@@H](O)[C@H](O)[C@H]3O)[C@H]2O)[C@H](O)[C@H]1O. The monoisotopic (exact) mass is 518 g/mol. The zero-order valence-corrected chi connectivity index (χ0v) is 18.7. The first-order valence-electron chi connectivity index (χ1n) is 11.0. The molecule has 16 heteroatoms. The van der Waals surface area contributed by atoms with E-state index in [1.807, 2.05) is 0 Å². The van der Waals surface area contributed by atoms with Gasteiger partial charge in [-0.05, 0) is 0 Å². The number of aliphatic hydroxyl groups excluding tert-OH is 10. The lowest BCUT2D eigenvalue weighted by molar-refractivity contribution is -0.379. The summed E-state index contributed by atoms with van der Waals surface area (Å²) < 4.78 is 31.9. The van der Waals surface area contributed by atoms with E-state index >= 15 is 0 Å². The molecule has 16 nitrogen and oxygen atoms in total. The van der Waals surface area contributed by atoms with Gasteiger partial charge in [0.05, 0.1) is 19.8 Å². The Morgan fingerprint density at radius 1 is 0.486 bits per heavy atom. The van der Waals surface area contributed by atoms with Gasteiger partial charge in [0.15, 0.2) is 18.9 Å². The van der Waals surface area contributed by atoms with Crippen LogP contribution in [0.15, 0.2) is 0 Å². The summed E-state index contributed by atoms with van der Waals surface area (Å²) in [6.07, 6.45) is -24.1. The molecule has 3 aliphatic rings. The quantitative estimate of drug-likeness (QED) is 0.143. The second kappa shape index (κ2) is 12.3. The van der Waals surface area contributed by atoms with Crippen molar-refractivity contribution >= 4 is 0 Å². The molecule has 0 spiro atoms. The molecule has 0 unspecified atom stereocenters. The van der Waals surface area contributed by atoms with E-state index in [0.29, 0.717) is 0 Å². The fraction of sp³-hybridized carbons (Fsp3) is 1.00. The van der Waals surface area contributed by atoms with Gasteiger partial charge in [0, 0.05) is 7.11 Å². The van der Waals surface area contributed by atoms with Crippen molar-refractivity contribution < 1.29 is 79.5 Å². The molecule has 3 rings (SSSR count). The fourth-order valence-corrected chi connectivity index (χ4v) is 4.23. The first kappa shape index (κ1) is 28.9. The van der Waals surface area contributed by atoms with Crippen molar-refractivity contribution in [2.45, 2.75) is 92.1 Å². The molecule has 0 bridgehead atoms. The van der Waals surface area contributed by atoms with Gasteiger partial charge in [-0.3, -0.25) is 0 Å². The van der Waals surface area contributed by atoms with Gasteiger partial charge in [0.25, 0.3) is 0 Å². The Morgan fingerprint density at radius 3 is 1.49 bits per heavy atom. The summed E-state index contributed by atoms with van der Waals surface area (Å²) in [6.45, 7) is -2.22. The maximum Gasteiger partial charge on any atom is 0.187 e. The molecule has 3 heterocycles. The Bertz CT molecular complexity index is 652. The Kier molecular flexibility index (Phi) is 10.1. The average Bonchev–Trinajstić information content (AvgIpc) is 2.86. The van der Waals surface area contributed by atoms with E-state index in [4.69, 9.17) is 28.4 Å². The highest BCUT2D eigenvalue weighted by Crippen LogP contribution is 2.32. The summed E-state index contributed by atoms with van der Waals surface area (Å²) in [7, 11) is 1.21. The Morgan fingerprint density at radius 2 is 0.943 bits per heavy atom. The minimum Gasteiger partial charge on any atom is -0.394 e. The van der Waals surface area contributed by atoms with E-state index in [-0.39, 0.29) is 0 Å².